The molecule has 0 bridgehead atoms. The number of hydrogen-bond donors (Lipinski definition) is 0. The molecule has 0 spiro atoms. The van der Waals surface area contributed by atoms with Crippen LogP contribution in [0.1, 0.15) is 34.6 Å². The zero-order valence-electron chi connectivity index (χ0n) is 9.46. The molecule has 1 heterocycles. The second-order valence-corrected chi connectivity index (χ2v) is 4.98. The SMILES string of the molecule is CC(C)N1CC=CC=C1C(C)(C)C. The lowest BCUT2D eigenvalue weighted by Gasteiger charge is -2.39. The second-order valence-electron chi connectivity index (χ2n) is 4.98. The zero-order valence-corrected chi connectivity index (χ0v) is 9.46. The Kier molecular flexibility index (Phi) is 2.84. The molecular formula is C12H21N. The van der Waals surface area contributed by atoms with Gasteiger partial charge in [0, 0.05) is 23.7 Å². The lowest BCUT2D eigenvalue weighted by atomic mass is 9.89. The Hall–Kier alpha value is -0.720. The fourth-order valence-corrected chi connectivity index (χ4v) is 1.70. The van der Waals surface area contributed by atoms with Gasteiger partial charge in [-0.2, -0.15) is 0 Å². The van der Waals surface area contributed by atoms with Crippen LogP contribution in [0.4, 0.5) is 0 Å². The van der Waals surface area contributed by atoms with Crippen LogP contribution in [0.5, 0.6) is 0 Å². The van der Waals surface area contributed by atoms with Crippen molar-refractivity contribution in [3.05, 3.63) is 23.9 Å². The molecule has 0 aliphatic carbocycles. The molecule has 0 N–H and O–H groups in total. The van der Waals surface area contributed by atoms with Gasteiger partial charge in [0.15, 0.2) is 0 Å². The second kappa shape index (κ2) is 3.57. The van der Waals surface area contributed by atoms with Crippen molar-refractivity contribution in [2.24, 2.45) is 5.41 Å². The normalized spacial score (nSPS) is 18.0. The quantitative estimate of drug-likeness (QED) is 0.597. The van der Waals surface area contributed by atoms with E-state index in [9.17, 15) is 0 Å². The lowest BCUT2D eigenvalue weighted by Crippen LogP contribution is -2.36. The monoisotopic (exact) mass is 179 g/mol. The largest absolute Gasteiger partial charge is 0.368 e. The summed E-state index contributed by atoms with van der Waals surface area (Å²) in [6.07, 6.45) is 6.62. The predicted molar refractivity (Wildman–Crippen MR) is 58.5 cm³/mol. The van der Waals surface area contributed by atoms with Crippen molar-refractivity contribution in [2.75, 3.05) is 6.54 Å². The van der Waals surface area contributed by atoms with E-state index in [0.29, 0.717) is 6.04 Å². The summed E-state index contributed by atoms with van der Waals surface area (Å²) in [6.45, 7) is 12.4. The van der Waals surface area contributed by atoms with Crippen molar-refractivity contribution in [1.82, 2.24) is 4.90 Å². The van der Waals surface area contributed by atoms with E-state index >= 15 is 0 Å². The Morgan fingerprint density at radius 2 is 1.92 bits per heavy atom. The molecule has 0 aromatic carbocycles. The van der Waals surface area contributed by atoms with Gasteiger partial charge in [0.2, 0.25) is 0 Å². The van der Waals surface area contributed by atoms with Crippen molar-refractivity contribution in [3.8, 4) is 0 Å². The van der Waals surface area contributed by atoms with Gasteiger partial charge in [0.05, 0.1) is 0 Å². The Balaban J connectivity index is 2.90. The highest BCUT2D eigenvalue weighted by atomic mass is 15.2. The number of rotatable bonds is 1. The summed E-state index contributed by atoms with van der Waals surface area (Å²) in [4.78, 5) is 2.46. The standard InChI is InChI=1S/C12H21N/c1-10(2)13-9-7-6-8-11(13)12(3,4)5/h6-8,10H,9H2,1-5H3. The molecule has 1 heteroatoms. The van der Waals surface area contributed by atoms with Crippen LogP contribution in [0, 0.1) is 5.41 Å². The molecule has 0 saturated heterocycles. The predicted octanol–water partition coefficient (Wildman–Crippen LogP) is 3.20. The first kappa shape index (κ1) is 10.4. The van der Waals surface area contributed by atoms with Gasteiger partial charge in [0.1, 0.15) is 0 Å². The van der Waals surface area contributed by atoms with E-state index in [0.717, 1.165) is 6.54 Å². The highest BCUT2D eigenvalue weighted by Gasteiger charge is 2.24. The van der Waals surface area contributed by atoms with Crippen molar-refractivity contribution < 1.29 is 0 Å². The third-order valence-electron chi connectivity index (χ3n) is 2.39. The number of allylic oxidation sites excluding steroid dienone is 3. The molecule has 1 aliphatic rings. The molecule has 1 nitrogen and oxygen atoms in total. The molecular weight excluding hydrogens is 158 g/mol. The molecule has 0 aromatic rings. The van der Waals surface area contributed by atoms with Gasteiger partial charge in [-0.05, 0) is 19.9 Å². The smallest absolute Gasteiger partial charge is 0.0362 e. The first-order valence-electron chi connectivity index (χ1n) is 5.07. The minimum Gasteiger partial charge on any atom is -0.368 e. The van der Waals surface area contributed by atoms with Crippen molar-refractivity contribution in [3.63, 3.8) is 0 Å². The summed E-state index contributed by atoms with van der Waals surface area (Å²) in [5.74, 6) is 0. The van der Waals surface area contributed by atoms with E-state index in [1.807, 2.05) is 0 Å². The average molecular weight is 179 g/mol. The van der Waals surface area contributed by atoms with E-state index in [4.69, 9.17) is 0 Å². The topological polar surface area (TPSA) is 3.24 Å². The Morgan fingerprint density at radius 3 is 2.31 bits per heavy atom. The van der Waals surface area contributed by atoms with Gasteiger partial charge in [-0.3, -0.25) is 0 Å². The molecule has 0 aromatic heterocycles. The summed E-state index contributed by atoms with van der Waals surface area (Å²) in [5, 5.41) is 0. The van der Waals surface area contributed by atoms with Crippen molar-refractivity contribution in [1.29, 1.82) is 0 Å². The molecule has 0 unspecified atom stereocenters. The van der Waals surface area contributed by atoms with Crippen LogP contribution in [-0.2, 0) is 0 Å². The maximum Gasteiger partial charge on any atom is 0.0362 e. The van der Waals surface area contributed by atoms with Crippen LogP contribution in [0.3, 0.4) is 0 Å². The Bertz CT molecular complexity index is 228. The van der Waals surface area contributed by atoms with E-state index in [2.05, 4.69) is 57.7 Å². The van der Waals surface area contributed by atoms with Crippen molar-refractivity contribution in [2.45, 2.75) is 40.7 Å². The van der Waals surface area contributed by atoms with E-state index in [1.165, 1.54) is 5.70 Å². The van der Waals surface area contributed by atoms with E-state index in [-0.39, 0.29) is 5.41 Å². The zero-order chi connectivity index (χ0) is 10.1. The van der Waals surface area contributed by atoms with Gasteiger partial charge in [-0.1, -0.05) is 32.9 Å². The van der Waals surface area contributed by atoms with Crippen LogP contribution in [0.2, 0.25) is 0 Å². The Morgan fingerprint density at radius 1 is 1.31 bits per heavy atom. The van der Waals surface area contributed by atoms with E-state index in [1.54, 1.807) is 0 Å². The number of nitrogens with zero attached hydrogens (tertiary/aromatic N) is 1. The van der Waals surface area contributed by atoms with Gasteiger partial charge < -0.3 is 4.90 Å². The van der Waals surface area contributed by atoms with Gasteiger partial charge in [-0.25, -0.2) is 0 Å². The van der Waals surface area contributed by atoms with Crippen LogP contribution in [-0.4, -0.2) is 17.5 Å². The molecule has 0 atom stereocenters. The molecule has 1 rings (SSSR count). The summed E-state index contributed by atoms with van der Waals surface area (Å²) in [5.41, 5.74) is 1.71. The van der Waals surface area contributed by atoms with Crippen LogP contribution in [0.25, 0.3) is 0 Å². The fraction of sp³-hybridized carbons (Fsp3) is 0.667. The first-order chi connectivity index (χ1) is 5.93. The molecule has 74 valence electrons. The molecule has 0 fully saturated rings. The highest BCUT2D eigenvalue weighted by molar-refractivity contribution is 5.22. The van der Waals surface area contributed by atoms with Crippen LogP contribution >= 0.6 is 0 Å². The molecule has 0 radical (unpaired) electrons. The van der Waals surface area contributed by atoms with Crippen LogP contribution in [0.15, 0.2) is 23.9 Å². The maximum atomic E-state index is 2.46. The molecule has 13 heavy (non-hydrogen) atoms. The molecule has 1 aliphatic heterocycles. The molecule has 0 saturated carbocycles. The maximum absolute atomic E-state index is 2.46. The third kappa shape index (κ3) is 2.36. The lowest BCUT2D eigenvalue weighted by molar-refractivity contribution is 0.241. The Labute approximate surface area is 82.1 Å². The van der Waals surface area contributed by atoms with Crippen LogP contribution < -0.4 is 0 Å². The fourth-order valence-electron chi connectivity index (χ4n) is 1.70. The van der Waals surface area contributed by atoms with Gasteiger partial charge >= 0.3 is 0 Å². The van der Waals surface area contributed by atoms with Crippen molar-refractivity contribution >= 4 is 0 Å². The highest BCUT2D eigenvalue weighted by Crippen LogP contribution is 2.31. The summed E-state index contributed by atoms with van der Waals surface area (Å²) in [6, 6.07) is 0.593. The third-order valence-corrected chi connectivity index (χ3v) is 2.39. The van der Waals surface area contributed by atoms with E-state index < -0.39 is 0 Å². The average Bonchev–Trinajstić information content (AvgIpc) is 2.03. The van der Waals surface area contributed by atoms with Gasteiger partial charge in [0.25, 0.3) is 0 Å². The van der Waals surface area contributed by atoms with Gasteiger partial charge in [-0.15, -0.1) is 0 Å². The number of hydrogen-bond acceptors (Lipinski definition) is 1. The molecule has 0 amide bonds. The minimum absolute atomic E-state index is 0.259. The summed E-state index contributed by atoms with van der Waals surface area (Å²) >= 11 is 0. The first-order valence-corrected chi connectivity index (χ1v) is 5.07. The minimum atomic E-state index is 0.259. The summed E-state index contributed by atoms with van der Waals surface area (Å²) < 4.78 is 0. The summed E-state index contributed by atoms with van der Waals surface area (Å²) in [7, 11) is 0.